The first-order valence-electron chi connectivity index (χ1n) is 16.5. The van der Waals surface area contributed by atoms with Gasteiger partial charge in [-0.1, -0.05) is 127 Å². The first kappa shape index (κ1) is 28.7. The second-order valence-electron chi connectivity index (χ2n) is 12.4. The average molecular weight is 627 g/mol. The summed E-state index contributed by atoms with van der Waals surface area (Å²) in [6.45, 7) is 2.01. The van der Waals surface area contributed by atoms with Gasteiger partial charge in [-0.15, -0.1) is 0 Å². The summed E-state index contributed by atoms with van der Waals surface area (Å²) >= 11 is 0. The molecule has 0 saturated heterocycles. The van der Waals surface area contributed by atoms with E-state index in [9.17, 15) is 0 Å². The maximum absolute atomic E-state index is 5.07. The summed E-state index contributed by atoms with van der Waals surface area (Å²) in [6.07, 6.45) is 1.94. The molecule has 9 rings (SSSR count). The zero-order valence-electron chi connectivity index (χ0n) is 26.9. The number of hydrogen-bond acceptors (Lipinski definition) is 4. The van der Waals surface area contributed by atoms with Crippen LogP contribution in [0.4, 0.5) is 0 Å². The van der Waals surface area contributed by atoms with Crippen molar-refractivity contribution in [2.75, 3.05) is 0 Å². The highest BCUT2D eigenvalue weighted by Crippen LogP contribution is 2.39. The molecule has 0 radical (unpaired) electrons. The predicted octanol–water partition coefficient (Wildman–Crippen LogP) is 11.4. The quantitative estimate of drug-likeness (QED) is 0.178. The van der Waals surface area contributed by atoms with Gasteiger partial charge in [0.2, 0.25) is 0 Å². The summed E-state index contributed by atoms with van der Waals surface area (Å²) in [4.78, 5) is 19.7. The molecule has 0 fully saturated rings. The van der Waals surface area contributed by atoms with Crippen molar-refractivity contribution in [2.24, 2.45) is 0 Å². The lowest BCUT2D eigenvalue weighted by molar-refractivity contribution is 1.07. The van der Waals surface area contributed by atoms with Crippen LogP contribution >= 0.6 is 0 Å². The van der Waals surface area contributed by atoms with Crippen molar-refractivity contribution in [3.05, 3.63) is 170 Å². The van der Waals surface area contributed by atoms with Crippen LogP contribution in [0.2, 0.25) is 0 Å². The number of aromatic nitrogens is 4. The fourth-order valence-electron chi connectivity index (χ4n) is 6.75. The number of fused-ring (bicyclic) bond motifs is 6. The molecule has 0 saturated carbocycles. The van der Waals surface area contributed by atoms with E-state index in [0.717, 1.165) is 44.6 Å². The molecule has 0 aliphatic heterocycles. The topological polar surface area (TPSA) is 51.6 Å². The summed E-state index contributed by atoms with van der Waals surface area (Å²) in [5.74, 6) is 1.89. The molecule has 49 heavy (non-hydrogen) atoms. The molecule has 0 N–H and O–H groups in total. The Morgan fingerprint density at radius 2 is 0.735 bits per heavy atom. The summed E-state index contributed by atoms with van der Waals surface area (Å²) in [6, 6.07) is 55.2. The van der Waals surface area contributed by atoms with Gasteiger partial charge in [-0.05, 0) is 86.3 Å². The lowest BCUT2D eigenvalue weighted by atomic mass is 9.91. The van der Waals surface area contributed by atoms with Crippen molar-refractivity contribution >= 4 is 32.3 Å². The van der Waals surface area contributed by atoms with Crippen LogP contribution in [0.15, 0.2) is 164 Å². The van der Waals surface area contributed by atoms with E-state index < -0.39 is 0 Å². The van der Waals surface area contributed by atoms with E-state index in [1.54, 1.807) is 0 Å². The van der Waals surface area contributed by atoms with E-state index in [1.165, 1.54) is 32.3 Å². The van der Waals surface area contributed by atoms with Gasteiger partial charge in [-0.25, -0.2) is 15.0 Å². The maximum atomic E-state index is 5.07. The number of rotatable bonds is 5. The van der Waals surface area contributed by atoms with Crippen LogP contribution < -0.4 is 0 Å². The second kappa shape index (κ2) is 11.9. The third kappa shape index (κ3) is 5.30. The zero-order valence-corrected chi connectivity index (χ0v) is 26.9. The van der Waals surface area contributed by atoms with E-state index in [2.05, 4.69) is 102 Å². The predicted molar refractivity (Wildman–Crippen MR) is 202 cm³/mol. The third-order valence-electron chi connectivity index (χ3n) is 9.21. The molecule has 4 nitrogen and oxygen atoms in total. The lowest BCUT2D eigenvalue weighted by Crippen LogP contribution is -2.00. The average Bonchev–Trinajstić information content (AvgIpc) is 3.18. The molecule has 0 aliphatic carbocycles. The van der Waals surface area contributed by atoms with Gasteiger partial charge in [0, 0.05) is 34.1 Å². The van der Waals surface area contributed by atoms with E-state index in [-0.39, 0.29) is 0 Å². The zero-order chi connectivity index (χ0) is 32.7. The van der Waals surface area contributed by atoms with E-state index in [1.807, 2.05) is 73.8 Å². The minimum atomic E-state index is 0.619. The molecule has 2 heterocycles. The highest BCUT2D eigenvalue weighted by molar-refractivity contribution is 6.25. The molecule has 4 heteroatoms. The van der Waals surface area contributed by atoms with Crippen LogP contribution in [-0.4, -0.2) is 19.9 Å². The van der Waals surface area contributed by atoms with Crippen LogP contribution in [0.3, 0.4) is 0 Å². The van der Waals surface area contributed by atoms with Gasteiger partial charge in [0.05, 0.1) is 0 Å². The van der Waals surface area contributed by atoms with Gasteiger partial charge in [0.25, 0.3) is 0 Å². The Morgan fingerprint density at radius 1 is 0.306 bits per heavy atom. The number of pyridine rings is 1. The number of aryl methyl sites for hydroxylation is 1. The highest BCUT2D eigenvalue weighted by Gasteiger charge is 2.16. The Labute approximate surface area is 284 Å². The van der Waals surface area contributed by atoms with E-state index in [0.29, 0.717) is 17.5 Å². The highest BCUT2D eigenvalue weighted by atomic mass is 15.0. The molecule has 230 valence electrons. The molecule has 0 unspecified atom stereocenters. The largest absolute Gasteiger partial charge is 0.261 e. The maximum Gasteiger partial charge on any atom is 0.164 e. The molecule has 0 amide bonds. The SMILES string of the molecule is Cc1ccc(-c2cc(-c3ccc4c5ccccc5c5ccccc5c4c3)cc(-c3nc(-c4ccccc4)nc(-c4ccccc4)n3)c2)cn1. The Bertz CT molecular complexity index is 2560. The van der Waals surface area contributed by atoms with Gasteiger partial charge in [-0.2, -0.15) is 0 Å². The normalized spacial score (nSPS) is 11.4. The summed E-state index contributed by atoms with van der Waals surface area (Å²) < 4.78 is 0. The number of benzene rings is 7. The fraction of sp³-hybridized carbons (Fsp3) is 0.0222. The summed E-state index contributed by atoms with van der Waals surface area (Å²) in [7, 11) is 0. The Morgan fingerprint density at radius 3 is 1.27 bits per heavy atom. The van der Waals surface area contributed by atoms with Crippen molar-refractivity contribution in [1.82, 2.24) is 19.9 Å². The molecule has 2 aromatic heterocycles. The first-order valence-corrected chi connectivity index (χ1v) is 16.5. The monoisotopic (exact) mass is 626 g/mol. The Kier molecular flexibility index (Phi) is 6.98. The molecule has 0 aliphatic rings. The summed E-state index contributed by atoms with van der Waals surface area (Å²) in [5, 5.41) is 7.51. The van der Waals surface area contributed by atoms with Crippen LogP contribution in [0.5, 0.6) is 0 Å². The lowest BCUT2D eigenvalue weighted by Gasteiger charge is -2.14. The standard InChI is InChI=1S/C45H30N4/c1-29-20-21-33(28-46-29)35-24-34(32-22-23-41-39-18-9-8-16-37(39)38-17-10-11-19-40(38)42(41)27-32)25-36(26-35)45-48-43(30-12-4-2-5-13-30)47-44(49-45)31-14-6-3-7-15-31/h2-28H,1H3. The van der Waals surface area contributed by atoms with Crippen molar-refractivity contribution in [3.63, 3.8) is 0 Å². The smallest absolute Gasteiger partial charge is 0.164 e. The van der Waals surface area contributed by atoms with Crippen LogP contribution in [-0.2, 0) is 0 Å². The minimum Gasteiger partial charge on any atom is -0.261 e. The molecule has 0 atom stereocenters. The number of hydrogen-bond donors (Lipinski definition) is 0. The van der Waals surface area contributed by atoms with Crippen molar-refractivity contribution < 1.29 is 0 Å². The molecule has 0 bridgehead atoms. The van der Waals surface area contributed by atoms with Crippen molar-refractivity contribution in [1.29, 1.82) is 0 Å². The van der Waals surface area contributed by atoms with Gasteiger partial charge >= 0.3 is 0 Å². The molecular formula is C45H30N4. The van der Waals surface area contributed by atoms with E-state index >= 15 is 0 Å². The molecule has 7 aromatic carbocycles. The summed E-state index contributed by atoms with van der Waals surface area (Å²) in [5.41, 5.74) is 8.05. The van der Waals surface area contributed by atoms with Crippen molar-refractivity contribution in [3.8, 4) is 56.4 Å². The Balaban J connectivity index is 1.29. The van der Waals surface area contributed by atoms with Crippen LogP contribution in [0.25, 0.3) is 88.7 Å². The van der Waals surface area contributed by atoms with Crippen LogP contribution in [0, 0.1) is 6.92 Å². The van der Waals surface area contributed by atoms with Crippen LogP contribution in [0.1, 0.15) is 5.69 Å². The fourth-order valence-corrected chi connectivity index (χ4v) is 6.75. The Hall–Kier alpha value is -6.52. The molecule has 9 aromatic rings. The van der Waals surface area contributed by atoms with Crippen molar-refractivity contribution in [2.45, 2.75) is 6.92 Å². The third-order valence-corrected chi connectivity index (χ3v) is 9.21. The molecule has 0 spiro atoms. The van der Waals surface area contributed by atoms with Gasteiger partial charge in [0.15, 0.2) is 17.5 Å². The van der Waals surface area contributed by atoms with Gasteiger partial charge in [0.1, 0.15) is 0 Å². The molecular weight excluding hydrogens is 597 g/mol. The van der Waals surface area contributed by atoms with Gasteiger partial charge in [-0.3, -0.25) is 4.98 Å². The minimum absolute atomic E-state index is 0.619. The first-order chi connectivity index (χ1) is 24.2. The van der Waals surface area contributed by atoms with Gasteiger partial charge < -0.3 is 0 Å². The second-order valence-corrected chi connectivity index (χ2v) is 12.4. The number of nitrogens with zero attached hydrogens (tertiary/aromatic N) is 4. The van der Waals surface area contributed by atoms with E-state index in [4.69, 9.17) is 15.0 Å².